The number of nitrogens with one attached hydrogen (secondary N) is 1. The third-order valence-corrected chi connectivity index (χ3v) is 3.90. The zero-order chi connectivity index (χ0) is 13.0. The predicted octanol–water partition coefficient (Wildman–Crippen LogP) is 0.970. The fourth-order valence-corrected chi connectivity index (χ4v) is 2.85. The highest BCUT2D eigenvalue weighted by molar-refractivity contribution is 8.03. The van der Waals surface area contributed by atoms with Gasteiger partial charge in [0.25, 0.3) is 0 Å². The van der Waals surface area contributed by atoms with Crippen LogP contribution in [-0.2, 0) is 9.59 Å². The van der Waals surface area contributed by atoms with E-state index < -0.39 is 11.8 Å². The maximum Gasteiger partial charge on any atom is 0.217 e. The lowest BCUT2D eigenvalue weighted by Crippen LogP contribution is -2.32. The maximum atomic E-state index is 11.4. The third kappa shape index (κ3) is 2.98. The number of thioether (sulfide) groups is 2. The number of carbonyl (C=O) groups is 2. The summed E-state index contributed by atoms with van der Waals surface area (Å²) in [5.41, 5.74) is 0.740. The lowest BCUT2D eigenvalue weighted by atomic mass is 10.1. The summed E-state index contributed by atoms with van der Waals surface area (Å²) in [6.45, 7) is 0. The number of nitrogens with zero attached hydrogens (tertiary/aromatic N) is 2. The van der Waals surface area contributed by atoms with E-state index in [4.69, 9.17) is 0 Å². The summed E-state index contributed by atoms with van der Waals surface area (Å²) in [6, 6.07) is 1.24. The molecule has 1 saturated heterocycles. The molecule has 1 aliphatic heterocycles. The highest BCUT2D eigenvalue weighted by Gasteiger charge is 2.27. The van der Waals surface area contributed by atoms with Gasteiger partial charge in [-0.1, -0.05) is 11.8 Å². The maximum absolute atomic E-state index is 11.4. The number of Topliss-reactive ketones (excluding diaryl/α,β-unsaturated/α-hetero) is 1. The standard InChI is InChI=1S/C11H11N3O2S2/c1-17-11-12-3-2-7(14-11)4-9-10(8(16)5-15)13-6-18-9/h2-5,10,13H,6H2,1H3/b9-4-. The van der Waals surface area contributed by atoms with Crippen LogP contribution in [0.3, 0.4) is 0 Å². The summed E-state index contributed by atoms with van der Waals surface area (Å²) in [6.07, 6.45) is 5.74. The van der Waals surface area contributed by atoms with E-state index in [1.807, 2.05) is 12.3 Å². The molecule has 0 spiro atoms. The number of ketones is 1. The third-order valence-electron chi connectivity index (χ3n) is 2.34. The molecule has 1 aliphatic rings. The molecule has 0 radical (unpaired) electrons. The van der Waals surface area contributed by atoms with Gasteiger partial charge in [0.15, 0.2) is 11.4 Å². The highest BCUT2D eigenvalue weighted by Crippen LogP contribution is 2.27. The molecule has 1 aromatic heterocycles. The summed E-state index contributed by atoms with van der Waals surface area (Å²) >= 11 is 2.96. The number of carbonyl (C=O) groups excluding carboxylic acids is 2. The van der Waals surface area contributed by atoms with Crippen molar-refractivity contribution >= 4 is 41.7 Å². The Labute approximate surface area is 113 Å². The number of hydrogen-bond acceptors (Lipinski definition) is 7. The molecule has 5 nitrogen and oxygen atoms in total. The first-order valence-corrected chi connectivity index (χ1v) is 7.39. The lowest BCUT2D eigenvalue weighted by molar-refractivity contribution is -0.130. The second-order valence-electron chi connectivity index (χ2n) is 3.46. The Bertz CT molecular complexity index is 505. The van der Waals surface area contributed by atoms with Crippen molar-refractivity contribution in [3.8, 4) is 0 Å². The zero-order valence-corrected chi connectivity index (χ0v) is 11.3. The first-order chi connectivity index (χ1) is 8.74. The van der Waals surface area contributed by atoms with Crippen LogP contribution in [0.2, 0.25) is 0 Å². The van der Waals surface area contributed by atoms with Crippen molar-refractivity contribution in [3.63, 3.8) is 0 Å². The lowest BCUT2D eigenvalue weighted by Gasteiger charge is -2.05. The van der Waals surface area contributed by atoms with Crippen LogP contribution in [0.1, 0.15) is 5.69 Å². The molecule has 2 rings (SSSR count). The van der Waals surface area contributed by atoms with E-state index in [1.165, 1.54) is 23.5 Å². The second kappa shape index (κ2) is 6.12. The van der Waals surface area contributed by atoms with Crippen molar-refractivity contribution in [1.29, 1.82) is 0 Å². The van der Waals surface area contributed by atoms with E-state index in [-0.39, 0.29) is 0 Å². The first-order valence-electron chi connectivity index (χ1n) is 5.18. The van der Waals surface area contributed by atoms with Gasteiger partial charge in [-0.25, -0.2) is 9.97 Å². The number of aldehydes is 1. The van der Waals surface area contributed by atoms with Crippen LogP contribution in [0.15, 0.2) is 22.3 Å². The van der Waals surface area contributed by atoms with E-state index in [2.05, 4.69) is 15.3 Å². The van der Waals surface area contributed by atoms with Crippen LogP contribution in [-0.4, -0.2) is 40.2 Å². The van der Waals surface area contributed by atoms with Crippen LogP contribution < -0.4 is 5.32 Å². The molecule has 0 bridgehead atoms. The molecule has 1 atom stereocenters. The smallest absolute Gasteiger partial charge is 0.217 e. The van der Waals surface area contributed by atoms with E-state index in [9.17, 15) is 9.59 Å². The summed E-state index contributed by atoms with van der Waals surface area (Å²) in [7, 11) is 0. The zero-order valence-electron chi connectivity index (χ0n) is 9.62. The van der Waals surface area contributed by atoms with Gasteiger partial charge in [-0.3, -0.25) is 14.9 Å². The van der Waals surface area contributed by atoms with Crippen molar-refractivity contribution in [2.45, 2.75) is 11.2 Å². The van der Waals surface area contributed by atoms with E-state index in [0.29, 0.717) is 17.3 Å². The molecule has 1 aromatic rings. The van der Waals surface area contributed by atoms with Gasteiger partial charge in [0.05, 0.1) is 5.69 Å². The first kappa shape index (κ1) is 13.3. The molecule has 0 amide bonds. The normalized spacial score (nSPS) is 21.2. The van der Waals surface area contributed by atoms with Crippen LogP contribution in [0.4, 0.5) is 0 Å². The molecule has 18 heavy (non-hydrogen) atoms. The number of hydrogen-bond donors (Lipinski definition) is 1. The summed E-state index contributed by atoms with van der Waals surface area (Å²) in [5, 5.41) is 3.65. The van der Waals surface area contributed by atoms with Gasteiger partial charge in [0.2, 0.25) is 5.78 Å². The topological polar surface area (TPSA) is 72.0 Å². The van der Waals surface area contributed by atoms with Crippen LogP contribution in [0.25, 0.3) is 6.08 Å². The van der Waals surface area contributed by atoms with Gasteiger partial charge in [-0.15, -0.1) is 11.8 Å². The van der Waals surface area contributed by atoms with E-state index in [1.54, 1.807) is 12.3 Å². The van der Waals surface area contributed by atoms with Crippen molar-refractivity contribution in [3.05, 3.63) is 22.9 Å². The van der Waals surface area contributed by atoms with Crippen molar-refractivity contribution < 1.29 is 9.59 Å². The van der Waals surface area contributed by atoms with Crippen LogP contribution in [0, 0.1) is 0 Å². The minimum atomic E-state index is -0.528. The van der Waals surface area contributed by atoms with E-state index in [0.717, 1.165) is 10.6 Å². The van der Waals surface area contributed by atoms with Crippen molar-refractivity contribution in [1.82, 2.24) is 15.3 Å². The average Bonchev–Trinajstić information content (AvgIpc) is 2.86. The number of rotatable bonds is 4. The van der Waals surface area contributed by atoms with Gasteiger partial charge in [0.1, 0.15) is 6.04 Å². The molecule has 1 N–H and O–H groups in total. The van der Waals surface area contributed by atoms with Crippen LogP contribution >= 0.6 is 23.5 Å². The SMILES string of the molecule is CSc1nccc(/C=C2\SCNC2C(=O)C=O)n1. The largest absolute Gasteiger partial charge is 0.295 e. The molecule has 1 unspecified atom stereocenters. The van der Waals surface area contributed by atoms with Gasteiger partial charge in [-0.2, -0.15) is 0 Å². The predicted molar refractivity (Wildman–Crippen MR) is 72.2 cm³/mol. The molecule has 0 aromatic carbocycles. The van der Waals surface area contributed by atoms with Gasteiger partial charge < -0.3 is 0 Å². The molecule has 0 aliphatic carbocycles. The molecule has 94 valence electrons. The molecule has 2 heterocycles. The van der Waals surface area contributed by atoms with Crippen LogP contribution in [0.5, 0.6) is 0 Å². The Morgan fingerprint density at radius 3 is 3.22 bits per heavy atom. The monoisotopic (exact) mass is 281 g/mol. The Hall–Kier alpha value is -1.18. The summed E-state index contributed by atoms with van der Waals surface area (Å²) in [4.78, 5) is 31.2. The minimum Gasteiger partial charge on any atom is -0.295 e. The average molecular weight is 281 g/mol. The van der Waals surface area contributed by atoms with Gasteiger partial charge >= 0.3 is 0 Å². The molecule has 1 fully saturated rings. The second-order valence-corrected chi connectivity index (χ2v) is 5.28. The number of aromatic nitrogens is 2. The highest BCUT2D eigenvalue weighted by atomic mass is 32.2. The molecular formula is C11H11N3O2S2. The minimum absolute atomic E-state index is 0.352. The van der Waals surface area contributed by atoms with E-state index >= 15 is 0 Å². The summed E-state index contributed by atoms with van der Waals surface area (Å²) < 4.78 is 0. The quantitative estimate of drug-likeness (QED) is 0.381. The van der Waals surface area contributed by atoms with Gasteiger partial charge in [0, 0.05) is 17.0 Å². The fraction of sp³-hybridized carbons (Fsp3) is 0.273. The Morgan fingerprint density at radius 2 is 2.50 bits per heavy atom. The molecule has 0 saturated carbocycles. The Morgan fingerprint density at radius 1 is 1.67 bits per heavy atom. The molecular weight excluding hydrogens is 270 g/mol. The van der Waals surface area contributed by atoms with Gasteiger partial charge in [-0.05, 0) is 18.4 Å². The van der Waals surface area contributed by atoms with Crippen molar-refractivity contribution in [2.75, 3.05) is 12.1 Å². The van der Waals surface area contributed by atoms with Crippen molar-refractivity contribution in [2.24, 2.45) is 0 Å². The Balaban J connectivity index is 2.25. The molecule has 7 heteroatoms. The summed E-state index contributed by atoms with van der Waals surface area (Å²) in [5.74, 6) is 0.168. The fourth-order valence-electron chi connectivity index (χ4n) is 1.50. The Kier molecular flexibility index (Phi) is 4.51.